The third-order valence-corrected chi connectivity index (χ3v) is 9.88. The summed E-state index contributed by atoms with van der Waals surface area (Å²) in [6, 6.07) is 23.7. The summed E-state index contributed by atoms with van der Waals surface area (Å²) >= 11 is 5.18. The van der Waals surface area contributed by atoms with Crippen molar-refractivity contribution in [2.45, 2.75) is 41.5 Å². The van der Waals surface area contributed by atoms with Crippen molar-refractivity contribution in [1.29, 1.82) is 0 Å². The van der Waals surface area contributed by atoms with Gasteiger partial charge in [0, 0.05) is 114 Å². The second-order valence-electron chi connectivity index (χ2n) is 13.4. The first kappa shape index (κ1) is 60.2. The van der Waals surface area contributed by atoms with E-state index in [0.29, 0.717) is 11.4 Å². The van der Waals surface area contributed by atoms with Gasteiger partial charge in [0.05, 0.1) is 34.0 Å². The first-order chi connectivity index (χ1) is 28.1. The topological polar surface area (TPSA) is 134 Å². The zero-order chi connectivity index (χ0) is 44.1. The number of aromatic nitrogens is 4. The fourth-order valence-corrected chi connectivity index (χ4v) is 6.92. The molecule has 0 aliphatic carbocycles. The SMILES string of the molecule is C.C.CN(C)c1ccccc1B(O)O.CN(C)c1ccccc1Br.COB(OC)OC.Cc1sc2cnc(Nc3cnn(C)c3)nc2c1-c1ccccc1N(C)C.[CH2-]CCC.[Li+]. The Balaban J connectivity index is 0. The number of nitrogens with one attached hydrogen (secondary N) is 1. The maximum Gasteiger partial charge on any atom is 1.00 e. The normalized spacial score (nSPS) is 9.55. The maximum absolute atomic E-state index is 8.98. The molecule has 3 aromatic carbocycles. The van der Waals surface area contributed by atoms with Crippen LogP contribution in [0.1, 0.15) is 39.5 Å². The average molecular weight is 930 g/mol. The molecule has 0 amide bonds. The van der Waals surface area contributed by atoms with Crippen molar-refractivity contribution < 1.29 is 42.9 Å². The summed E-state index contributed by atoms with van der Waals surface area (Å²) in [4.78, 5) is 16.6. The number of anilines is 5. The molecule has 6 rings (SSSR count). The third kappa shape index (κ3) is 19.2. The fourth-order valence-electron chi connectivity index (χ4n) is 5.29. The number of unbranched alkanes of at least 4 members (excludes halogenated alkanes) is 1. The van der Waals surface area contributed by atoms with Crippen LogP contribution in [0.3, 0.4) is 0 Å². The molecule has 0 saturated carbocycles. The molecule has 13 nitrogen and oxygen atoms in total. The van der Waals surface area contributed by atoms with E-state index in [2.05, 4.69) is 120 Å². The summed E-state index contributed by atoms with van der Waals surface area (Å²) in [6.45, 7) is 7.86. The van der Waals surface area contributed by atoms with E-state index in [4.69, 9.17) is 15.0 Å². The number of fused-ring (bicyclic) bond motifs is 1. The minimum Gasteiger partial charge on any atom is -0.423 e. The zero-order valence-corrected chi connectivity index (χ0v) is 39.9. The van der Waals surface area contributed by atoms with Gasteiger partial charge in [0.15, 0.2) is 0 Å². The monoisotopic (exact) mass is 928 g/mol. The number of rotatable bonds is 11. The molecular weight excluding hydrogens is 861 g/mol. The summed E-state index contributed by atoms with van der Waals surface area (Å²) in [7, 11) is 16.4. The molecule has 3 aromatic heterocycles. The first-order valence-electron chi connectivity index (χ1n) is 18.8. The second-order valence-corrected chi connectivity index (χ2v) is 15.5. The van der Waals surface area contributed by atoms with E-state index in [-0.39, 0.29) is 33.7 Å². The van der Waals surface area contributed by atoms with Crippen molar-refractivity contribution >= 4 is 86.1 Å². The van der Waals surface area contributed by atoms with Gasteiger partial charge in [-0.2, -0.15) is 11.5 Å². The summed E-state index contributed by atoms with van der Waals surface area (Å²) in [5.74, 6) is 0.576. The molecule has 62 heavy (non-hydrogen) atoms. The number of benzene rings is 3. The first-order valence-corrected chi connectivity index (χ1v) is 20.4. The quantitative estimate of drug-likeness (QED) is 0.105. The van der Waals surface area contributed by atoms with Crippen LogP contribution in [-0.4, -0.2) is 108 Å². The van der Waals surface area contributed by atoms with Crippen LogP contribution in [-0.2, 0) is 21.0 Å². The molecule has 0 atom stereocenters. The van der Waals surface area contributed by atoms with Crippen LogP contribution < -0.4 is 44.3 Å². The van der Waals surface area contributed by atoms with Gasteiger partial charge < -0.3 is 51.0 Å². The van der Waals surface area contributed by atoms with Crippen molar-refractivity contribution in [2.24, 2.45) is 7.05 Å². The fraction of sp³-hybridized carbons (Fsp3) is 0.364. The molecule has 0 saturated heterocycles. The zero-order valence-electron chi connectivity index (χ0n) is 37.5. The number of aryl methyl sites for hydroxylation is 2. The Kier molecular flexibility index (Phi) is 31.0. The third-order valence-electron chi connectivity index (χ3n) is 8.19. The van der Waals surface area contributed by atoms with Crippen LogP contribution in [0.25, 0.3) is 21.3 Å². The van der Waals surface area contributed by atoms with Gasteiger partial charge in [-0.15, -0.1) is 11.3 Å². The summed E-state index contributed by atoms with van der Waals surface area (Å²) in [5.41, 5.74) is 7.95. The molecule has 0 spiro atoms. The molecule has 334 valence electrons. The Bertz CT molecular complexity index is 2070. The predicted octanol–water partition coefficient (Wildman–Crippen LogP) is 5.96. The largest absolute Gasteiger partial charge is 1.00 e. The smallest absolute Gasteiger partial charge is 0.423 e. The van der Waals surface area contributed by atoms with Gasteiger partial charge in [-0.05, 0) is 47.1 Å². The summed E-state index contributed by atoms with van der Waals surface area (Å²) < 4.78 is 17.8. The minimum absolute atomic E-state index is 0. The Morgan fingerprint density at radius 1 is 0.806 bits per heavy atom. The van der Waals surface area contributed by atoms with Crippen molar-refractivity contribution in [3.8, 4) is 11.1 Å². The molecule has 0 aliphatic rings. The van der Waals surface area contributed by atoms with Crippen LogP contribution in [0, 0.1) is 13.8 Å². The van der Waals surface area contributed by atoms with Crippen LogP contribution >= 0.6 is 27.3 Å². The van der Waals surface area contributed by atoms with E-state index in [1.54, 1.807) is 34.3 Å². The Morgan fingerprint density at radius 3 is 1.73 bits per heavy atom. The van der Waals surface area contributed by atoms with Gasteiger partial charge >= 0.3 is 33.3 Å². The molecule has 0 fully saturated rings. The van der Waals surface area contributed by atoms with Gasteiger partial charge in [-0.3, -0.25) is 4.68 Å². The summed E-state index contributed by atoms with van der Waals surface area (Å²) in [5, 5.41) is 25.4. The number of para-hydroxylation sites is 3. The molecule has 3 heterocycles. The van der Waals surface area contributed by atoms with E-state index < -0.39 is 14.4 Å². The van der Waals surface area contributed by atoms with Crippen molar-refractivity contribution in [3.63, 3.8) is 0 Å². The van der Waals surface area contributed by atoms with Gasteiger partial charge in [-0.25, -0.2) is 9.97 Å². The molecule has 3 N–H and O–H groups in total. The molecule has 0 bridgehead atoms. The van der Waals surface area contributed by atoms with Gasteiger partial charge in [-0.1, -0.05) is 76.7 Å². The van der Waals surface area contributed by atoms with Gasteiger partial charge in [0.1, 0.15) is 0 Å². The van der Waals surface area contributed by atoms with Gasteiger partial charge in [0.2, 0.25) is 5.95 Å². The minimum atomic E-state index is -1.40. The molecule has 0 unspecified atom stereocenters. The number of halogens is 1. The Morgan fingerprint density at radius 2 is 1.31 bits per heavy atom. The number of nitrogens with zero attached hydrogens (tertiary/aromatic N) is 7. The van der Waals surface area contributed by atoms with Crippen molar-refractivity contribution in [1.82, 2.24) is 19.7 Å². The van der Waals surface area contributed by atoms with Gasteiger partial charge in [0.25, 0.3) is 0 Å². The second kappa shape index (κ2) is 31.9. The van der Waals surface area contributed by atoms with Crippen LogP contribution in [0.2, 0.25) is 0 Å². The van der Waals surface area contributed by atoms with E-state index in [1.807, 2.05) is 82.9 Å². The van der Waals surface area contributed by atoms with E-state index in [1.165, 1.54) is 55.1 Å². The predicted molar refractivity (Wildman–Crippen MR) is 268 cm³/mol. The van der Waals surface area contributed by atoms with Crippen LogP contribution in [0.15, 0.2) is 95.9 Å². The standard InChI is InChI=1S/C19H20N6S.C8H12BNO2.C8H10BrN.C4H9.C3H9BO3.2CH4.Li/c1-12-17(14-7-5-6-8-15(14)24(2)3)18-16(26-12)10-20-19(23-18)22-13-9-21-25(4)11-13;1-10(2)8-6-4-3-5-7(8)9(11)12;1-10(2)8-6-4-3-5-7(8)9;1-3-4-2;1-5-4(6-2)7-3;;;/h5-11H,1-4H3,(H,20,22,23);3-6,11-12H,1-2H3;3-6H,1-2H3;1,3-4H2,2H3;1-3H3;2*1H4;/q;;;-1;;;;+1. The van der Waals surface area contributed by atoms with E-state index >= 15 is 0 Å². The Labute approximate surface area is 397 Å². The Hall–Kier alpha value is -3.88. The maximum atomic E-state index is 8.98. The number of hydrogen-bond acceptors (Lipinski definition) is 13. The van der Waals surface area contributed by atoms with E-state index in [9.17, 15) is 0 Å². The van der Waals surface area contributed by atoms with Crippen molar-refractivity contribution in [2.75, 3.05) is 83.6 Å². The molecule has 0 aliphatic heterocycles. The number of hydrogen-bond donors (Lipinski definition) is 3. The molecule has 18 heteroatoms. The molecule has 6 aromatic rings. The molecular formula is C44H68B2BrLiN8O5S. The van der Waals surface area contributed by atoms with E-state index in [0.717, 1.165) is 32.5 Å². The average Bonchev–Trinajstić information content (AvgIpc) is 3.79. The molecule has 0 radical (unpaired) electrons. The van der Waals surface area contributed by atoms with Crippen LogP contribution in [0.5, 0.6) is 0 Å². The number of thiophene rings is 1. The van der Waals surface area contributed by atoms with Crippen molar-refractivity contribution in [3.05, 3.63) is 108 Å². The summed E-state index contributed by atoms with van der Waals surface area (Å²) in [6.07, 6.45) is 7.82. The van der Waals surface area contributed by atoms with Crippen LogP contribution in [0.4, 0.5) is 28.7 Å².